The Labute approximate surface area is 81.9 Å². The van der Waals surface area contributed by atoms with E-state index in [4.69, 9.17) is 5.73 Å². The molecule has 1 aromatic heterocycles. The van der Waals surface area contributed by atoms with Gasteiger partial charge in [-0.05, 0) is 18.3 Å². The molecule has 3 atom stereocenters. The minimum atomic E-state index is -0.381. The standard InChI is InChI=1S/C10H13N3O/c1-2-4-5-3-6-8(7(4)5)12-13-9(6)10(11)14/h4-5,7H,2-3H2,1H3,(H2,11,14)(H,12,13). The number of carbonyl (C=O) groups excluding carboxylic acids is 1. The van der Waals surface area contributed by atoms with Gasteiger partial charge in [-0.15, -0.1) is 0 Å². The van der Waals surface area contributed by atoms with Gasteiger partial charge in [0.25, 0.3) is 5.91 Å². The minimum Gasteiger partial charge on any atom is -0.364 e. The molecule has 2 aliphatic rings. The molecule has 0 bridgehead atoms. The molecule has 0 radical (unpaired) electrons. The maximum Gasteiger partial charge on any atom is 0.267 e. The molecule has 0 aromatic carbocycles. The lowest BCUT2D eigenvalue weighted by Gasteiger charge is -1.99. The molecule has 1 fully saturated rings. The predicted octanol–water partition coefficient (Wildman–Crippen LogP) is 0.804. The normalized spacial score (nSPS) is 32.5. The van der Waals surface area contributed by atoms with Gasteiger partial charge in [0.15, 0.2) is 0 Å². The first-order valence-electron chi connectivity index (χ1n) is 5.11. The van der Waals surface area contributed by atoms with Crippen LogP contribution in [0.5, 0.6) is 0 Å². The summed E-state index contributed by atoms with van der Waals surface area (Å²) in [6, 6.07) is 0. The molecule has 14 heavy (non-hydrogen) atoms. The molecule has 74 valence electrons. The molecule has 3 N–H and O–H groups in total. The number of H-pyrrole nitrogens is 1. The van der Waals surface area contributed by atoms with Crippen molar-refractivity contribution in [2.24, 2.45) is 17.6 Å². The molecule has 4 nitrogen and oxygen atoms in total. The van der Waals surface area contributed by atoms with Crippen LogP contribution < -0.4 is 5.73 Å². The molecule has 1 amide bonds. The number of nitrogens with two attached hydrogens (primary N) is 1. The Hall–Kier alpha value is -1.32. The minimum absolute atomic E-state index is 0.381. The number of hydrogen-bond acceptors (Lipinski definition) is 2. The highest BCUT2D eigenvalue weighted by Gasteiger charge is 2.56. The number of fused-ring (bicyclic) bond motifs is 3. The summed E-state index contributed by atoms with van der Waals surface area (Å²) in [6.07, 6.45) is 2.21. The summed E-state index contributed by atoms with van der Waals surface area (Å²) in [5.41, 5.74) is 7.97. The number of amides is 1. The lowest BCUT2D eigenvalue weighted by molar-refractivity contribution is 0.0994. The molecule has 1 saturated carbocycles. The molecule has 1 aromatic rings. The fourth-order valence-corrected chi connectivity index (χ4v) is 2.99. The summed E-state index contributed by atoms with van der Waals surface area (Å²) < 4.78 is 0. The van der Waals surface area contributed by atoms with E-state index in [0.717, 1.165) is 29.5 Å². The predicted molar refractivity (Wildman–Crippen MR) is 50.8 cm³/mol. The second kappa shape index (κ2) is 2.38. The van der Waals surface area contributed by atoms with Crippen molar-refractivity contribution in [1.82, 2.24) is 10.2 Å². The Morgan fingerprint density at radius 2 is 2.50 bits per heavy atom. The number of nitrogens with one attached hydrogen (secondary N) is 1. The van der Waals surface area contributed by atoms with Crippen LogP contribution in [-0.2, 0) is 6.42 Å². The van der Waals surface area contributed by atoms with Gasteiger partial charge >= 0.3 is 0 Å². The third-order valence-electron chi connectivity index (χ3n) is 3.70. The highest BCUT2D eigenvalue weighted by atomic mass is 16.1. The van der Waals surface area contributed by atoms with Gasteiger partial charge in [0.2, 0.25) is 0 Å². The van der Waals surface area contributed by atoms with E-state index in [1.54, 1.807) is 0 Å². The molecular formula is C10H13N3O. The van der Waals surface area contributed by atoms with Crippen molar-refractivity contribution >= 4 is 5.91 Å². The summed E-state index contributed by atoms with van der Waals surface area (Å²) in [7, 11) is 0. The van der Waals surface area contributed by atoms with E-state index in [-0.39, 0.29) is 5.91 Å². The van der Waals surface area contributed by atoms with Crippen LogP contribution in [0.25, 0.3) is 0 Å². The molecule has 0 spiro atoms. The zero-order valence-corrected chi connectivity index (χ0v) is 8.08. The van der Waals surface area contributed by atoms with Crippen molar-refractivity contribution in [2.75, 3.05) is 0 Å². The average Bonchev–Trinajstić information content (AvgIpc) is 2.55. The summed E-state index contributed by atoms with van der Waals surface area (Å²) in [6.45, 7) is 2.21. The Morgan fingerprint density at radius 3 is 3.14 bits per heavy atom. The largest absolute Gasteiger partial charge is 0.364 e. The first kappa shape index (κ1) is 8.03. The van der Waals surface area contributed by atoms with E-state index >= 15 is 0 Å². The van der Waals surface area contributed by atoms with Gasteiger partial charge in [0.05, 0.1) is 5.69 Å². The van der Waals surface area contributed by atoms with Crippen LogP contribution in [-0.4, -0.2) is 16.1 Å². The molecule has 0 aliphatic heterocycles. The van der Waals surface area contributed by atoms with Gasteiger partial charge < -0.3 is 5.73 Å². The number of aromatic amines is 1. The topological polar surface area (TPSA) is 71.8 Å². The lowest BCUT2D eigenvalue weighted by atomic mass is 10.1. The smallest absolute Gasteiger partial charge is 0.267 e. The van der Waals surface area contributed by atoms with Crippen LogP contribution >= 0.6 is 0 Å². The van der Waals surface area contributed by atoms with Crippen LogP contribution in [0.3, 0.4) is 0 Å². The molecule has 4 heteroatoms. The van der Waals surface area contributed by atoms with E-state index < -0.39 is 0 Å². The van der Waals surface area contributed by atoms with E-state index in [2.05, 4.69) is 17.1 Å². The van der Waals surface area contributed by atoms with Crippen molar-refractivity contribution < 1.29 is 4.79 Å². The van der Waals surface area contributed by atoms with E-state index in [1.807, 2.05) is 0 Å². The number of rotatable bonds is 2. The average molecular weight is 191 g/mol. The third-order valence-corrected chi connectivity index (χ3v) is 3.70. The maximum atomic E-state index is 11.0. The molecular weight excluding hydrogens is 178 g/mol. The number of aromatic nitrogens is 2. The molecule has 3 unspecified atom stereocenters. The molecule has 3 rings (SSSR count). The third kappa shape index (κ3) is 0.786. The SMILES string of the molecule is CCC1C2Cc3c(n[nH]c3C(N)=O)C12. The number of primary amides is 1. The van der Waals surface area contributed by atoms with Gasteiger partial charge in [0.1, 0.15) is 5.69 Å². The van der Waals surface area contributed by atoms with E-state index in [9.17, 15) is 4.79 Å². The zero-order chi connectivity index (χ0) is 9.87. The summed E-state index contributed by atoms with van der Waals surface area (Å²) in [5, 5.41) is 6.97. The molecule has 0 saturated heterocycles. The van der Waals surface area contributed by atoms with Crippen molar-refractivity contribution in [1.29, 1.82) is 0 Å². The fourth-order valence-electron chi connectivity index (χ4n) is 2.99. The summed E-state index contributed by atoms with van der Waals surface area (Å²) in [4.78, 5) is 11.0. The van der Waals surface area contributed by atoms with Gasteiger partial charge in [-0.25, -0.2) is 0 Å². The van der Waals surface area contributed by atoms with E-state index in [0.29, 0.717) is 11.6 Å². The fraction of sp³-hybridized carbons (Fsp3) is 0.600. The second-order valence-electron chi connectivity index (χ2n) is 4.29. The Balaban J connectivity index is 1.99. The van der Waals surface area contributed by atoms with Crippen molar-refractivity contribution in [2.45, 2.75) is 25.7 Å². The Bertz CT molecular complexity index is 409. The Morgan fingerprint density at radius 1 is 1.71 bits per heavy atom. The summed E-state index contributed by atoms with van der Waals surface area (Å²) >= 11 is 0. The van der Waals surface area contributed by atoms with Crippen LogP contribution in [0.15, 0.2) is 0 Å². The molecule has 1 heterocycles. The highest BCUT2D eigenvalue weighted by molar-refractivity contribution is 5.92. The van der Waals surface area contributed by atoms with E-state index in [1.165, 1.54) is 6.42 Å². The number of nitrogens with zero attached hydrogens (tertiary/aromatic N) is 1. The summed E-state index contributed by atoms with van der Waals surface area (Å²) in [5.74, 6) is 1.77. The number of carbonyl (C=O) groups is 1. The maximum absolute atomic E-state index is 11.0. The van der Waals surface area contributed by atoms with Crippen LogP contribution in [0, 0.1) is 11.8 Å². The lowest BCUT2D eigenvalue weighted by Crippen LogP contribution is -2.14. The van der Waals surface area contributed by atoms with Crippen molar-refractivity contribution in [3.8, 4) is 0 Å². The van der Waals surface area contributed by atoms with Crippen LogP contribution in [0.4, 0.5) is 0 Å². The van der Waals surface area contributed by atoms with Crippen molar-refractivity contribution in [3.05, 3.63) is 17.0 Å². The highest BCUT2D eigenvalue weighted by Crippen LogP contribution is 2.62. The van der Waals surface area contributed by atoms with Crippen molar-refractivity contribution in [3.63, 3.8) is 0 Å². The van der Waals surface area contributed by atoms with Gasteiger partial charge in [0, 0.05) is 11.5 Å². The van der Waals surface area contributed by atoms with Gasteiger partial charge in [-0.3, -0.25) is 9.89 Å². The second-order valence-corrected chi connectivity index (χ2v) is 4.29. The quantitative estimate of drug-likeness (QED) is 0.725. The van der Waals surface area contributed by atoms with Gasteiger partial charge in [-0.2, -0.15) is 5.10 Å². The van der Waals surface area contributed by atoms with Gasteiger partial charge in [-0.1, -0.05) is 13.3 Å². The number of hydrogen-bond donors (Lipinski definition) is 2. The van der Waals surface area contributed by atoms with Crippen LogP contribution in [0.1, 0.15) is 41.0 Å². The first-order chi connectivity index (χ1) is 6.74. The Kier molecular flexibility index (Phi) is 1.36. The monoisotopic (exact) mass is 191 g/mol. The first-order valence-corrected chi connectivity index (χ1v) is 5.11. The van der Waals surface area contributed by atoms with Crippen LogP contribution in [0.2, 0.25) is 0 Å². The zero-order valence-electron chi connectivity index (χ0n) is 8.08. The molecule has 2 aliphatic carbocycles.